The van der Waals surface area contributed by atoms with Gasteiger partial charge in [-0.2, -0.15) is 5.10 Å². The number of hydrogen-bond donors (Lipinski definition) is 1. The van der Waals surface area contributed by atoms with Crippen LogP contribution in [0.25, 0.3) is 22.0 Å². The van der Waals surface area contributed by atoms with Crippen LogP contribution in [0.3, 0.4) is 0 Å². The Morgan fingerprint density at radius 2 is 1.85 bits per heavy atom. The Balaban J connectivity index is 0.00000149. The second-order valence-corrected chi connectivity index (χ2v) is 7.21. The molecule has 0 spiro atoms. The Labute approximate surface area is 192 Å². The number of fused-ring (bicyclic) bond motifs is 1. The number of carbonyl (C=O) groups excluding carboxylic acids is 1. The summed E-state index contributed by atoms with van der Waals surface area (Å²) in [7, 11) is 1.65. The highest BCUT2D eigenvalue weighted by Gasteiger charge is 2.17. The third kappa shape index (κ3) is 5.37. The minimum absolute atomic E-state index is 0.199. The fourth-order valence-corrected chi connectivity index (χ4v) is 3.59. The van der Waals surface area contributed by atoms with E-state index in [0.29, 0.717) is 45.5 Å². The maximum absolute atomic E-state index is 13.9. The van der Waals surface area contributed by atoms with Gasteiger partial charge in [0.25, 0.3) is 5.91 Å². The van der Waals surface area contributed by atoms with Crippen molar-refractivity contribution in [1.82, 2.24) is 15.1 Å². The Morgan fingerprint density at radius 3 is 2.58 bits per heavy atom. The highest BCUT2D eigenvalue weighted by Crippen LogP contribution is 2.32. The molecular formula is C26H27F2N3O2. The molecule has 0 fully saturated rings. The van der Waals surface area contributed by atoms with Crippen LogP contribution in [0.1, 0.15) is 36.7 Å². The molecule has 3 aromatic carbocycles. The highest BCUT2D eigenvalue weighted by molar-refractivity contribution is 5.95. The van der Waals surface area contributed by atoms with Gasteiger partial charge in [0.2, 0.25) is 0 Å². The van der Waals surface area contributed by atoms with Gasteiger partial charge in [0, 0.05) is 35.7 Å². The largest absolute Gasteiger partial charge is 0.493 e. The van der Waals surface area contributed by atoms with E-state index in [0.717, 1.165) is 0 Å². The molecular weight excluding hydrogens is 424 g/mol. The number of aromatic nitrogens is 2. The number of benzene rings is 3. The van der Waals surface area contributed by atoms with Gasteiger partial charge in [-0.15, -0.1) is 0 Å². The van der Waals surface area contributed by atoms with Gasteiger partial charge in [0.15, 0.2) is 0 Å². The second-order valence-electron chi connectivity index (χ2n) is 7.21. The first kappa shape index (κ1) is 23.9. The average molecular weight is 452 g/mol. The third-order valence-corrected chi connectivity index (χ3v) is 5.01. The molecule has 0 aliphatic heterocycles. The predicted molar refractivity (Wildman–Crippen MR) is 126 cm³/mol. The van der Waals surface area contributed by atoms with Crippen molar-refractivity contribution in [3.05, 3.63) is 83.6 Å². The molecule has 0 aliphatic rings. The van der Waals surface area contributed by atoms with Crippen molar-refractivity contribution in [1.29, 1.82) is 0 Å². The molecule has 7 heteroatoms. The Hall–Kier alpha value is -3.74. The SMILES string of the molecule is CC.CCOc1cc(C(=O)N(C)Cc2cc(F)cc3cn[nH]c23)ccc1-c1cccc(F)c1. The highest BCUT2D eigenvalue weighted by atomic mass is 19.1. The second kappa shape index (κ2) is 10.7. The molecule has 1 amide bonds. The number of nitrogens with zero attached hydrogens (tertiary/aromatic N) is 2. The smallest absolute Gasteiger partial charge is 0.254 e. The standard InChI is InChI=1S/C24H21F2N3O2.C2H6/c1-3-31-22-12-16(7-8-21(22)15-5-4-6-19(25)9-15)24(30)29(2)14-18-11-20(26)10-17-13-27-28-23(17)18;1-2/h4-13H,3,14H2,1-2H3,(H,27,28);1-2H3. The van der Waals surface area contributed by atoms with Crippen LogP contribution in [-0.2, 0) is 6.54 Å². The van der Waals surface area contributed by atoms with Gasteiger partial charge in [0.1, 0.15) is 17.4 Å². The molecule has 1 heterocycles. The molecule has 0 aliphatic carbocycles. The molecule has 172 valence electrons. The van der Waals surface area contributed by atoms with Crippen molar-refractivity contribution < 1.29 is 18.3 Å². The summed E-state index contributed by atoms with van der Waals surface area (Å²) in [6, 6.07) is 14.1. The zero-order valence-electron chi connectivity index (χ0n) is 19.2. The van der Waals surface area contributed by atoms with E-state index in [-0.39, 0.29) is 24.1 Å². The molecule has 0 radical (unpaired) electrons. The third-order valence-electron chi connectivity index (χ3n) is 5.01. The Kier molecular flexibility index (Phi) is 7.77. The molecule has 1 N–H and O–H groups in total. The summed E-state index contributed by atoms with van der Waals surface area (Å²) in [5.41, 5.74) is 3.10. The summed E-state index contributed by atoms with van der Waals surface area (Å²) in [5, 5.41) is 7.45. The minimum atomic E-state index is -0.386. The van der Waals surface area contributed by atoms with Gasteiger partial charge in [-0.05, 0) is 55.0 Å². The molecule has 0 unspecified atom stereocenters. The van der Waals surface area contributed by atoms with Crippen molar-refractivity contribution in [2.45, 2.75) is 27.3 Å². The topological polar surface area (TPSA) is 58.2 Å². The van der Waals surface area contributed by atoms with Crippen LogP contribution in [0.5, 0.6) is 5.75 Å². The van der Waals surface area contributed by atoms with Gasteiger partial charge < -0.3 is 9.64 Å². The molecule has 0 saturated carbocycles. The first-order chi connectivity index (χ1) is 16.0. The molecule has 0 saturated heterocycles. The van der Waals surface area contributed by atoms with E-state index in [1.165, 1.54) is 29.2 Å². The van der Waals surface area contributed by atoms with Gasteiger partial charge in [-0.1, -0.05) is 26.0 Å². The van der Waals surface area contributed by atoms with Gasteiger partial charge in [-0.25, -0.2) is 8.78 Å². The number of amides is 1. The molecule has 0 bridgehead atoms. The monoisotopic (exact) mass is 451 g/mol. The molecule has 5 nitrogen and oxygen atoms in total. The molecule has 4 rings (SSSR count). The lowest BCUT2D eigenvalue weighted by Gasteiger charge is -2.19. The van der Waals surface area contributed by atoms with E-state index < -0.39 is 0 Å². The predicted octanol–water partition coefficient (Wildman–Crippen LogP) is 6.21. The maximum Gasteiger partial charge on any atom is 0.254 e. The number of aromatic amines is 1. The molecule has 4 aromatic rings. The van der Waals surface area contributed by atoms with E-state index >= 15 is 0 Å². The minimum Gasteiger partial charge on any atom is -0.493 e. The number of nitrogens with one attached hydrogen (secondary N) is 1. The van der Waals surface area contributed by atoms with E-state index in [2.05, 4.69) is 10.2 Å². The van der Waals surface area contributed by atoms with E-state index in [9.17, 15) is 13.6 Å². The van der Waals surface area contributed by atoms with Crippen LogP contribution in [0.15, 0.2) is 60.8 Å². The van der Waals surface area contributed by atoms with Gasteiger partial charge in [0.05, 0.1) is 18.3 Å². The summed E-state index contributed by atoms with van der Waals surface area (Å²) in [6.45, 7) is 6.44. The first-order valence-corrected chi connectivity index (χ1v) is 10.9. The fourth-order valence-electron chi connectivity index (χ4n) is 3.59. The van der Waals surface area contributed by atoms with Gasteiger partial charge in [-0.3, -0.25) is 9.89 Å². The van der Waals surface area contributed by atoms with Crippen LogP contribution < -0.4 is 4.74 Å². The number of halogens is 2. The number of ether oxygens (including phenoxy) is 1. The Morgan fingerprint density at radius 1 is 1.06 bits per heavy atom. The van der Waals surface area contributed by atoms with Crippen molar-refractivity contribution in [2.24, 2.45) is 0 Å². The van der Waals surface area contributed by atoms with Gasteiger partial charge >= 0.3 is 0 Å². The molecule has 1 aromatic heterocycles. The van der Waals surface area contributed by atoms with Crippen molar-refractivity contribution in [3.63, 3.8) is 0 Å². The van der Waals surface area contributed by atoms with E-state index in [4.69, 9.17) is 4.74 Å². The number of hydrogen-bond acceptors (Lipinski definition) is 3. The van der Waals surface area contributed by atoms with Crippen molar-refractivity contribution >= 4 is 16.8 Å². The molecule has 33 heavy (non-hydrogen) atoms. The lowest BCUT2D eigenvalue weighted by molar-refractivity contribution is 0.0785. The van der Waals surface area contributed by atoms with Crippen LogP contribution in [0.4, 0.5) is 8.78 Å². The summed E-state index contributed by atoms with van der Waals surface area (Å²) in [5.74, 6) is -0.486. The fraction of sp³-hybridized carbons (Fsp3) is 0.231. The maximum atomic E-state index is 13.9. The lowest BCUT2D eigenvalue weighted by atomic mass is 10.0. The van der Waals surface area contributed by atoms with Crippen molar-refractivity contribution in [3.8, 4) is 16.9 Å². The van der Waals surface area contributed by atoms with Crippen LogP contribution in [-0.4, -0.2) is 34.7 Å². The lowest BCUT2D eigenvalue weighted by Crippen LogP contribution is -2.26. The number of H-pyrrole nitrogens is 1. The molecule has 0 atom stereocenters. The quantitative estimate of drug-likeness (QED) is 0.379. The Bertz CT molecular complexity index is 1250. The summed E-state index contributed by atoms with van der Waals surface area (Å²) < 4.78 is 33.3. The number of carbonyl (C=O) groups is 1. The summed E-state index contributed by atoms with van der Waals surface area (Å²) in [4.78, 5) is 14.6. The summed E-state index contributed by atoms with van der Waals surface area (Å²) >= 11 is 0. The zero-order valence-corrected chi connectivity index (χ0v) is 19.2. The van der Waals surface area contributed by atoms with Crippen LogP contribution in [0.2, 0.25) is 0 Å². The zero-order chi connectivity index (χ0) is 24.0. The number of rotatable bonds is 6. The van der Waals surface area contributed by atoms with E-state index in [1.54, 1.807) is 43.6 Å². The van der Waals surface area contributed by atoms with Crippen molar-refractivity contribution in [2.75, 3.05) is 13.7 Å². The van der Waals surface area contributed by atoms with E-state index in [1.807, 2.05) is 20.8 Å². The summed E-state index contributed by atoms with van der Waals surface area (Å²) in [6.07, 6.45) is 1.54. The normalized spacial score (nSPS) is 10.5. The van der Waals surface area contributed by atoms with Crippen LogP contribution in [0, 0.1) is 11.6 Å². The van der Waals surface area contributed by atoms with Crippen LogP contribution >= 0.6 is 0 Å². The average Bonchev–Trinajstić information content (AvgIpc) is 3.29. The first-order valence-electron chi connectivity index (χ1n) is 10.9.